The molecule has 0 aromatic heterocycles. The molecule has 1 aliphatic carbocycles. The van der Waals surface area contributed by atoms with Gasteiger partial charge in [0, 0.05) is 11.3 Å². The van der Waals surface area contributed by atoms with Crippen molar-refractivity contribution < 1.29 is 0 Å². The maximum absolute atomic E-state index is 2.59. The molecule has 0 saturated carbocycles. The minimum Gasteiger partial charge on any atom is -0.0654 e. The molecule has 55 heavy (non-hydrogen) atoms. The number of unbranched alkanes of at least 4 members (excludes halogenated alkanes) is 6. The molecule has 0 fully saturated rings. The minimum absolute atomic E-state index is 0.0898. The van der Waals surface area contributed by atoms with Gasteiger partial charge in [-0.05, 0) is 105 Å². The predicted octanol–water partition coefficient (Wildman–Crippen LogP) is 16.2. The van der Waals surface area contributed by atoms with Crippen molar-refractivity contribution in [1.29, 1.82) is 0 Å². The molecule has 0 bridgehead atoms. The average Bonchev–Trinajstić information content (AvgIpc) is 3.49. The van der Waals surface area contributed by atoms with E-state index >= 15 is 0 Å². The molecular formula is C55H62. The molecule has 282 valence electrons. The van der Waals surface area contributed by atoms with Crippen molar-refractivity contribution in [3.05, 3.63) is 178 Å². The van der Waals surface area contributed by atoms with Gasteiger partial charge in [0.15, 0.2) is 0 Å². The van der Waals surface area contributed by atoms with Gasteiger partial charge in [0.05, 0.1) is 0 Å². The van der Waals surface area contributed by atoms with Crippen LogP contribution in [0.2, 0.25) is 0 Å². The molecule has 0 N–H and O–H groups in total. The number of benzene rings is 6. The first-order valence-corrected chi connectivity index (χ1v) is 21.6. The lowest BCUT2D eigenvalue weighted by Crippen LogP contribution is -2.25. The zero-order valence-electron chi connectivity index (χ0n) is 34.2. The van der Waals surface area contributed by atoms with E-state index in [9.17, 15) is 0 Å². The number of aryl methyl sites for hydroxylation is 1. The monoisotopic (exact) mass is 722 g/mol. The number of rotatable bonds is 17. The summed E-state index contributed by atoms with van der Waals surface area (Å²) in [5.41, 5.74) is 18.1. The molecule has 0 spiro atoms. The summed E-state index contributed by atoms with van der Waals surface area (Å²) >= 11 is 0. The van der Waals surface area contributed by atoms with E-state index < -0.39 is 0 Å². The van der Waals surface area contributed by atoms with Crippen molar-refractivity contribution >= 4 is 0 Å². The Morgan fingerprint density at radius 2 is 0.891 bits per heavy atom. The first-order valence-electron chi connectivity index (χ1n) is 21.6. The van der Waals surface area contributed by atoms with Crippen LogP contribution in [-0.2, 0) is 5.41 Å². The van der Waals surface area contributed by atoms with E-state index in [1.807, 2.05) is 0 Å². The van der Waals surface area contributed by atoms with E-state index in [1.54, 1.807) is 11.1 Å². The van der Waals surface area contributed by atoms with Crippen molar-refractivity contribution in [3.8, 4) is 33.4 Å². The summed E-state index contributed by atoms with van der Waals surface area (Å²) in [6.07, 6.45) is 14.1. The molecule has 0 saturated heterocycles. The van der Waals surface area contributed by atoms with Crippen molar-refractivity contribution in [3.63, 3.8) is 0 Å². The second-order valence-corrected chi connectivity index (χ2v) is 16.5. The summed E-state index contributed by atoms with van der Waals surface area (Å²) in [6.45, 7) is 11.5. The topological polar surface area (TPSA) is 0 Å². The normalized spacial score (nSPS) is 14.0. The summed E-state index contributed by atoms with van der Waals surface area (Å²) in [7, 11) is 0. The van der Waals surface area contributed by atoms with E-state index in [0.29, 0.717) is 5.92 Å². The molecule has 0 radical (unpaired) electrons. The van der Waals surface area contributed by atoms with Crippen LogP contribution in [0.3, 0.4) is 0 Å². The fourth-order valence-corrected chi connectivity index (χ4v) is 9.36. The SMILES string of the molecule is CCCCCCC1(CCCCCC)c2cc(C)ccc2-c2ccc(-c3ccc(C(c4ccc(-c5ccccc5)cc4)c4ccc(C(C)CC)cc4)cc3)cc21. The summed E-state index contributed by atoms with van der Waals surface area (Å²) < 4.78 is 0. The van der Waals surface area contributed by atoms with Gasteiger partial charge in [0.1, 0.15) is 0 Å². The van der Waals surface area contributed by atoms with Gasteiger partial charge in [0.25, 0.3) is 0 Å². The first-order chi connectivity index (χ1) is 27.0. The van der Waals surface area contributed by atoms with Crippen LogP contribution in [-0.4, -0.2) is 0 Å². The van der Waals surface area contributed by atoms with Gasteiger partial charge in [-0.15, -0.1) is 0 Å². The molecular weight excluding hydrogens is 661 g/mol. The van der Waals surface area contributed by atoms with Crippen molar-refractivity contribution in [1.82, 2.24) is 0 Å². The van der Waals surface area contributed by atoms with Gasteiger partial charge >= 0.3 is 0 Å². The highest BCUT2D eigenvalue weighted by atomic mass is 14.4. The number of fused-ring (bicyclic) bond motifs is 3. The van der Waals surface area contributed by atoms with Crippen LogP contribution in [0.5, 0.6) is 0 Å². The van der Waals surface area contributed by atoms with E-state index in [4.69, 9.17) is 0 Å². The Hall–Kier alpha value is -4.68. The third-order valence-electron chi connectivity index (χ3n) is 12.8. The van der Waals surface area contributed by atoms with Gasteiger partial charge in [-0.1, -0.05) is 218 Å². The molecule has 0 aliphatic heterocycles. The summed E-state index contributed by atoms with van der Waals surface area (Å²) in [6, 6.07) is 53.6. The maximum atomic E-state index is 2.59. The second-order valence-electron chi connectivity index (χ2n) is 16.5. The molecule has 2 unspecified atom stereocenters. The Morgan fingerprint density at radius 1 is 0.436 bits per heavy atom. The van der Waals surface area contributed by atoms with Crippen LogP contribution in [0.1, 0.15) is 149 Å². The quantitative estimate of drug-likeness (QED) is 0.0649. The highest BCUT2D eigenvalue weighted by molar-refractivity contribution is 5.84. The smallest absolute Gasteiger partial charge is 0.0340 e. The zero-order valence-corrected chi connectivity index (χ0v) is 34.2. The predicted molar refractivity (Wildman–Crippen MR) is 238 cm³/mol. The van der Waals surface area contributed by atoms with Gasteiger partial charge < -0.3 is 0 Å². The summed E-state index contributed by atoms with van der Waals surface area (Å²) in [5.74, 6) is 0.717. The fraction of sp³-hybridized carbons (Fsp3) is 0.345. The van der Waals surface area contributed by atoms with Crippen LogP contribution < -0.4 is 0 Å². The van der Waals surface area contributed by atoms with Crippen LogP contribution >= 0.6 is 0 Å². The van der Waals surface area contributed by atoms with Crippen LogP contribution in [0.25, 0.3) is 33.4 Å². The molecule has 1 aliphatic rings. The van der Waals surface area contributed by atoms with Crippen LogP contribution in [0.4, 0.5) is 0 Å². The lowest BCUT2D eigenvalue weighted by atomic mass is 9.70. The minimum atomic E-state index is 0.0898. The lowest BCUT2D eigenvalue weighted by molar-refractivity contribution is 0.401. The summed E-state index contributed by atoms with van der Waals surface area (Å²) in [4.78, 5) is 0. The zero-order chi connectivity index (χ0) is 38.2. The fourth-order valence-electron chi connectivity index (χ4n) is 9.36. The van der Waals surface area contributed by atoms with Gasteiger partial charge in [0.2, 0.25) is 0 Å². The maximum Gasteiger partial charge on any atom is 0.0340 e. The van der Waals surface area contributed by atoms with E-state index in [2.05, 4.69) is 174 Å². The van der Waals surface area contributed by atoms with Gasteiger partial charge in [-0.2, -0.15) is 0 Å². The Bertz CT molecular complexity index is 2100. The molecule has 7 rings (SSSR count). The molecule has 0 heteroatoms. The Labute approximate surface area is 333 Å². The van der Waals surface area contributed by atoms with Crippen LogP contribution in [0, 0.1) is 6.92 Å². The van der Waals surface area contributed by atoms with E-state index in [-0.39, 0.29) is 11.3 Å². The lowest BCUT2D eigenvalue weighted by Gasteiger charge is -2.33. The van der Waals surface area contributed by atoms with Gasteiger partial charge in [-0.3, -0.25) is 0 Å². The molecule has 0 amide bonds. The Morgan fingerprint density at radius 3 is 1.44 bits per heavy atom. The van der Waals surface area contributed by atoms with Crippen molar-refractivity contribution in [2.75, 3.05) is 0 Å². The highest BCUT2D eigenvalue weighted by Gasteiger charge is 2.42. The van der Waals surface area contributed by atoms with Crippen molar-refractivity contribution in [2.45, 2.75) is 122 Å². The molecule has 6 aromatic carbocycles. The Kier molecular flexibility index (Phi) is 12.5. The number of hydrogen-bond acceptors (Lipinski definition) is 0. The third kappa shape index (κ3) is 8.30. The van der Waals surface area contributed by atoms with E-state index in [0.717, 1.165) is 6.42 Å². The highest BCUT2D eigenvalue weighted by Crippen LogP contribution is 2.55. The number of hydrogen-bond donors (Lipinski definition) is 0. The van der Waals surface area contributed by atoms with Crippen LogP contribution in [0.15, 0.2) is 140 Å². The van der Waals surface area contributed by atoms with E-state index in [1.165, 1.54) is 125 Å². The molecule has 2 atom stereocenters. The third-order valence-corrected chi connectivity index (χ3v) is 12.8. The summed E-state index contributed by atoms with van der Waals surface area (Å²) in [5, 5.41) is 0. The molecule has 6 aromatic rings. The van der Waals surface area contributed by atoms with Gasteiger partial charge in [-0.25, -0.2) is 0 Å². The van der Waals surface area contributed by atoms with Crippen molar-refractivity contribution in [2.24, 2.45) is 0 Å². The average molecular weight is 723 g/mol. The largest absolute Gasteiger partial charge is 0.0654 e. The first kappa shape index (κ1) is 38.6. The molecule has 0 heterocycles. The molecule has 0 nitrogen and oxygen atoms in total. The standard InChI is InChI=1S/C55H62/c1-6-9-11-16-36-55(37-17-12-10-7-2)52-38-40(4)20-34-50(52)51-35-33-49(39-53(51)55)45-25-31-48(32-26-45)54(46-27-21-42(22-28-46)41(5)8-3)47-29-23-44(24-30-47)43-18-14-13-15-19-43/h13-15,18-35,38-39,41,54H,6-12,16-17,36-37H2,1-5H3. The Balaban J connectivity index is 1.25. The second kappa shape index (κ2) is 17.8.